The molecule has 11 heteroatoms. The molecule has 3 aromatic rings. The Bertz CT molecular complexity index is 1510. The highest BCUT2D eigenvalue weighted by Gasteiger charge is 2.40. The monoisotopic (exact) mass is 556 g/mol. The standard InChI is InChI=1S/C25H22BrFN4O5/c1-25(2,3)36-24(34)30-12-15(32)10-19(30)22-29-21-16(7-13(11-28)8-17(21)26)23(33)31(22)14-5-6-20(35-4)18(27)9-14/h5-9,19H,10,12H2,1-4H3/t19-/m1/s1. The Hall–Kier alpha value is -3.78. The summed E-state index contributed by atoms with van der Waals surface area (Å²) in [7, 11) is 1.32. The number of carbonyl (C=O) groups excluding carboxylic acids is 2. The zero-order valence-electron chi connectivity index (χ0n) is 20.0. The second-order valence-corrected chi connectivity index (χ2v) is 10.1. The number of Topliss-reactive ketones (excluding diaryl/α,β-unsaturated/α-hetero) is 1. The molecule has 1 amide bonds. The summed E-state index contributed by atoms with van der Waals surface area (Å²) in [5.74, 6) is -0.930. The lowest BCUT2D eigenvalue weighted by atomic mass is 10.1. The van der Waals surface area contributed by atoms with E-state index in [1.54, 1.807) is 20.8 Å². The summed E-state index contributed by atoms with van der Waals surface area (Å²) in [4.78, 5) is 45.2. The first-order valence-corrected chi connectivity index (χ1v) is 11.7. The largest absolute Gasteiger partial charge is 0.494 e. The average Bonchev–Trinajstić information content (AvgIpc) is 3.20. The van der Waals surface area contributed by atoms with Gasteiger partial charge in [0.15, 0.2) is 17.3 Å². The number of likely N-dealkylation sites (tertiary alicyclic amines) is 1. The minimum Gasteiger partial charge on any atom is -0.494 e. The van der Waals surface area contributed by atoms with E-state index >= 15 is 0 Å². The van der Waals surface area contributed by atoms with Crippen molar-refractivity contribution < 1.29 is 23.5 Å². The van der Waals surface area contributed by atoms with E-state index in [1.165, 1.54) is 36.3 Å². The topological polar surface area (TPSA) is 115 Å². The number of amides is 1. The predicted molar refractivity (Wildman–Crippen MR) is 132 cm³/mol. The molecule has 0 spiro atoms. The van der Waals surface area contributed by atoms with Gasteiger partial charge in [-0.25, -0.2) is 14.2 Å². The number of methoxy groups -OCH3 is 1. The SMILES string of the molecule is COc1ccc(-n2c([C@H]3CC(=O)CN3C(=O)OC(C)(C)C)nc3c(Br)cc(C#N)cc3c2=O)cc1F. The first-order chi connectivity index (χ1) is 16.9. The highest BCUT2D eigenvalue weighted by molar-refractivity contribution is 9.10. The van der Waals surface area contributed by atoms with Crippen LogP contribution in [0.5, 0.6) is 5.75 Å². The normalized spacial score (nSPS) is 15.8. The van der Waals surface area contributed by atoms with Gasteiger partial charge in [-0.15, -0.1) is 0 Å². The van der Waals surface area contributed by atoms with Crippen molar-refractivity contribution in [1.82, 2.24) is 14.5 Å². The summed E-state index contributed by atoms with van der Waals surface area (Å²) < 4.78 is 26.7. The average molecular weight is 557 g/mol. The number of carbonyl (C=O) groups is 2. The van der Waals surface area contributed by atoms with Crippen LogP contribution in [-0.2, 0) is 9.53 Å². The molecule has 36 heavy (non-hydrogen) atoms. The molecule has 1 saturated heterocycles. The minimum absolute atomic E-state index is 0.0250. The van der Waals surface area contributed by atoms with Gasteiger partial charge in [0.05, 0.1) is 41.9 Å². The maximum absolute atomic E-state index is 14.7. The van der Waals surface area contributed by atoms with E-state index in [0.717, 1.165) is 10.6 Å². The molecular weight excluding hydrogens is 535 g/mol. The second kappa shape index (κ2) is 9.35. The lowest BCUT2D eigenvalue weighted by Gasteiger charge is -2.29. The lowest BCUT2D eigenvalue weighted by Crippen LogP contribution is -2.39. The molecule has 1 atom stereocenters. The van der Waals surface area contributed by atoms with Crippen LogP contribution in [0, 0.1) is 17.1 Å². The molecule has 0 radical (unpaired) electrons. The van der Waals surface area contributed by atoms with E-state index in [2.05, 4.69) is 20.9 Å². The van der Waals surface area contributed by atoms with E-state index in [9.17, 15) is 24.0 Å². The molecule has 0 unspecified atom stereocenters. The summed E-state index contributed by atoms with van der Waals surface area (Å²) in [5, 5.41) is 9.48. The van der Waals surface area contributed by atoms with Crippen LogP contribution in [0.25, 0.3) is 16.6 Å². The fourth-order valence-corrected chi connectivity index (χ4v) is 4.58. The summed E-state index contributed by atoms with van der Waals surface area (Å²) in [6.45, 7) is 4.88. The van der Waals surface area contributed by atoms with Gasteiger partial charge in [-0.1, -0.05) is 0 Å². The minimum atomic E-state index is -0.947. The van der Waals surface area contributed by atoms with Crippen molar-refractivity contribution in [1.29, 1.82) is 5.26 Å². The van der Waals surface area contributed by atoms with Crippen molar-refractivity contribution in [3.63, 3.8) is 0 Å². The first kappa shape index (κ1) is 25.3. The van der Waals surface area contributed by atoms with Crippen molar-refractivity contribution in [2.45, 2.75) is 38.8 Å². The number of rotatable bonds is 3. The molecule has 0 aliphatic carbocycles. The van der Waals surface area contributed by atoms with Crippen LogP contribution in [0.2, 0.25) is 0 Å². The summed E-state index contributed by atoms with van der Waals surface area (Å²) >= 11 is 3.36. The van der Waals surface area contributed by atoms with Gasteiger partial charge in [-0.05, 0) is 61.0 Å². The zero-order chi connectivity index (χ0) is 26.4. The van der Waals surface area contributed by atoms with Crippen LogP contribution < -0.4 is 10.3 Å². The highest BCUT2D eigenvalue weighted by Crippen LogP contribution is 2.34. The van der Waals surface area contributed by atoms with E-state index in [4.69, 9.17) is 9.47 Å². The predicted octanol–water partition coefficient (Wildman–Crippen LogP) is 4.42. The molecule has 0 saturated carbocycles. The van der Waals surface area contributed by atoms with Gasteiger partial charge in [-0.3, -0.25) is 19.1 Å². The third-order valence-electron chi connectivity index (χ3n) is 5.55. The number of hydrogen-bond donors (Lipinski definition) is 0. The number of benzene rings is 2. The Kier molecular flexibility index (Phi) is 6.58. The quantitative estimate of drug-likeness (QED) is 0.469. The van der Waals surface area contributed by atoms with Gasteiger partial charge in [0.1, 0.15) is 17.5 Å². The van der Waals surface area contributed by atoms with Crippen LogP contribution in [0.1, 0.15) is 44.6 Å². The first-order valence-electron chi connectivity index (χ1n) is 10.9. The van der Waals surface area contributed by atoms with Gasteiger partial charge < -0.3 is 9.47 Å². The molecule has 4 rings (SSSR count). The molecule has 1 aromatic heterocycles. The third kappa shape index (κ3) is 4.68. The number of fused-ring (bicyclic) bond motifs is 1. The fourth-order valence-electron chi connectivity index (χ4n) is 4.03. The molecule has 0 N–H and O–H groups in total. The van der Waals surface area contributed by atoms with Gasteiger partial charge in [0, 0.05) is 17.0 Å². The number of aromatic nitrogens is 2. The lowest BCUT2D eigenvalue weighted by molar-refractivity contribution is -0.117. The Balaban J connectivity index is 2.01. The number of halogens is 2. The third-order valence-corrected chi connectivity index (χ3v) is 6.15. The molecule has 2 heterocycles. The van der Waals surface area contributed by atoms with Crippen LogP contribution >= 0.6 is 15.9 Å². The molecule has 9 nitrogen and oxygen atoms in total. The van der Waals surface area contributed by atoms with Crippen LogP contribution in [-0.4, -0.2) is 45.6 Å². The summed E-state index contributed by atoms with van der Waals surface area (Å²) in [6, 6.07) is 7.89. The van der Waals surface area contributed by atoms with E-state index in [1.807, 2.05) is 6.07 Å². The van der Waals surface area contributed by atoms with Gasteiger partial charge in [-0.2, -0.15) is 5.26 Å². The van der Waals surface area contributed by atoms with Crippen molar-refractivity contribution in [3.05, 3.63) is 62.4 Å². The van der Waals surface area contributed by atoms with Crippen LogP contribution in [0.15, 0.2) is 39.6 Å². The van der Waals surface area contributed by atoms with Crippen molar-refractivity contribution in [2.24, 2.45) is 0 Å². The summed E-state index contributed by atoms with van der Waals surface area (Å²) in [5.41, 5.74) is -0.840. The van der Waals surface area contributed by atoms with Crippen molar-refractivity contribution in [3.8, 4) is 17.5 Å². The molecule has 186 valence electrons. The Morgan fingerprint density at radius 1 is 1.25 bits per heavy atom. The maximum atomic E-state index is 14.7. The smallest absolute Gasteiger partial charge is 0.411 e. The maximum Gasteiger partial charge on any atom is 0.411 e. The molecule has 1 aliphatic rings. The number of ether oxygens (including phenoxy) is 2. The second-order valence-electron chi connectivity index (χ2n) is 9.26. The number of nitrogens with zero attached hydrogens (tertiary/aromatic N) is 4. The van der Waals surface area contributed by atoms with Gasteiger partial charge in [0.2, 0.25) is 0 Å². The van der Waals surface area contributed by atoms with Crippen LogP contribution in [0.4, 0.5) is 9.18 Å². The fraction of sp³-hybridized carbons (Fsp3) is 0.320. The Labute approximate surface area is 214 Å². The Morgan fingerprint density at radius 3 is 2.58 bits per heavy atom. The number of ketones is 1. The van der Waals surface area contributed by atoms with E-state index in [0.29, 0.717) is 4.47 Å². The van der Waals surface area contributed by atoms with Crippen LogP contribution in [0.3, 0.4) is 0 Å². The number of nitriles is 1. The van der Waals surface area contributed by atoms with Crippen molar-refractivity contribution in [2.75, 3.05) is 13.7 Å². The van der Waals surface area contributed by atoms with E-state index in [-0.39, 0.29) is 52.5 Å². The van der Waals surface area contributed by atoms with E-state index < -0.39 is 29.1 Å². The zero-order valence-corrected chi connectivity index (χ0v) is 21.6. The van der Waals surface area contributed by atoms with Gasteiger partial charge >= 0.3 is 6.09 Å². The van der Waals surface area contributed by atoms with Crippen molar-refractivity contribution >= 4 is 38.7 Å². The Morgan fingerprint density at radius 2 is 1.97 bits per heavy atom. The molecule has 2 aromatic carbocycles. The van der Waals surface area contributed by atoms with Gasteiger partial charge in [0.25, 0.3) is 5.56 Å². The molecule has 0 bridgehead atoms. The number of hydrogen-bond acceptors (Lipinski definition) is 7. The summed E-state index contributed by atoms with van der Waals surface area (Å²) in [6.07, 6.45) is -0.844. The highest BCUT2D eigenvalue weighted by atomic mass is 79.9. The molecular formula is C25H22BrFN4O5. The molecule has 1 aliphatic heterocycles. The molecule has 1 fully saturated rings.